The zero-order chi connectivity index (χ0) is 21.3. The van der Waals surface area contributed by atoms with Gasteiger partial charge in [-0.15, -0.1) is 0 Å². The van der Waals surface area contributed by atoms with Crippen molar-refractivity contribution in [1.82, 2.24) is 24.4 Å². The van der Waals surface area contributed by atoms with Crippen LogP contribution >= 0.6 is 0 Å². The molecule has 1 amide bonds. The van der Waals surface area contributed by atoms with Gasteiger partial charge in [-0.05, 0) is 5.56 Å². The number of aromatic nitrogens is 4. The highest BCUT2D eigenvalue weighted by molar-refractivity contribution is 5.76. The Bertz CT molecular complexity index is 1030. The summed E-state index contributed by atoms with van der Waals surface area (Å²) in [7, 11) is 0. The minimum Gasteiger partial charge on any atom is -0.394 e. The summed E-state index contributed by atoms with van der Waals surface area (Å²) >= 11 is 0. The highest BCUT2D eigenvalue weighted by Gasteiger charge is 2.44. The topological polar surface area (TPSA) is 134 Å². The molecule has 1 aliphatic heterocycles. The van der Waals surface area contributed by atoms with E-state index in [-0.39, 0.29) is 12.5 Å². The van der Waals surface area contributed by atoms with E-state index < -0.39 is 31.1 Å². The molecule has 0 saturated carbocycles. The van der Waals surface area contributed by atoms with Crippen molar-refractivity contribution in [1.29, 1.82) is 0 Å². The smallest absolute Gasteiger partial charge is 0.220 e. The molecular formula is C20H23N5O5. The molecule has 158 valence electrons. The number of carbonyl (C=O) groups excluding carboxylic acids is 1. The van der Waals surface area contributed by atoms with Crippen molar-refractivity contribution in [3.8, 4) is 0 Å². The van der Waals surface area contributed by atoms with Crippen LogP contribution in [0, 0.1) is 0 Å². The first-order valence-electron chi connectivity index (χ1n) is 9.58. The summed E-state index contributed by atoms with van der Waals surface area (Å²) in [4.78, 5) is 26.8. The largest absolute Gasteiger partial charge is 0.394 e. The number of aliphatic hydroxyl groups is 3. The first-order chi connectivity index (χ1) is 14.5. The van der Waals surface area contributed by atoms with Gasteiger partial charge in [-0.2, -0.15) is 0 Å². The molecule has 1 saturated heterocycles. The SMILES string of the molecule is CC(=O)N(Cc1ccccc1)Cc1ncnc2c1ncn2[C@@H]1O[C@H](CO)[C@@H](O)[C@H]1O. The van der Waals surface area contributed by atoms with Gasteiger partial charge in [0.05, 0.1) is 25.2 Å². The van der Waals surface area contributed by atoms with Crippen molar-refractivity contribution in [3.63, 3.8) is 0 Å². The molecule has 10 nitrogen and oxygen atoms in total. The van der Waals surface area contributed by atoms with Crippen molar-refractivity contribution < 1.29 is 24.9 Å². The van der Waals surface area contributed by atoms with Crippen LogP contribution in [0.4, 0.5) is 0 Å². The first-order valence-corrected chi connectivity index (χ1v) is 9.58. The molecule has 1 aliphatic rings. The highest BCUT2D eigenvalue weighted by Crippen LogP contribution is 2.31. The van der Waals surface area contributed by atoms with Gasteiger partial charge in [-0.3, -0.25) is 9.36 Å². The second-order valence-corrected chi connectivity index (χ2v) is 7.23. The summed E-state index contributed by atoms with van der Waals surface area (Å²) in [5.41, 5.74) is 2.42. The molecule has 4 rings (SSSR count). The van der Waals surface area contributed by atoms with Gasteiger partial charge < -0.3 is 25.0 Å². The molecule has 4 atom stereocenters. The molecule has 30 heavy (non-hydrogen) atoms. The minimum absolute atomic E-state index is 0.103. The molecular weight excluding hydrogens is 390 g/mol. The van der Waals surface area contributed by atoms with Crippen LogP contribution in [0.3, 0.4) is 0 Å². The number of nitrogens with zero attached hydrogens (tertiary/aromatic N) is 5. The third-order valence-electron chi connectivity index (χ3n) is 5.23. The number of aliphatic hydroxyl groups excluding tert-OH is 3. The lowest BCUT2D eigenvalue weighted by Crippen LogP contribution is -2.33. The van der Waals surface area contributed by atoms with Gasteiger partial charge in [0.25, 0.3) is 0 Å². The predicted molar refractivity (Wildman–Crippen MR) is 105 cm³/mol. The molecule has 1 aromatic carbocycles. The molecule has 3 N–H and O–H groups in total. The number of fused-ring (bicyclic) bond motifs is 1. The summed E-state index contributed by atoms with van der Waals surface area (Å²) in [6.07, 6.45) is -1.51. The summed E-state index contributed by atoms with van der Waals surface area (Å²) < 4.78 is 7.07. The molecule has 0 aliphatic carbocycles. The maximum Gasteiger partial charge on any atom is 0.220 e. The summed E-state index contributed by atoms with van der Waals surface area (Å²) in [6.45, 7) is 1.74. The molecule has 0 bridgehead atoms. The van der Waals surface area contributed by atoms with Crippen LogP contribution in [-0.2, 0) is 22.6 Å². The van der Waals surface area contributed by atoms with E-state index in [4.69, 9.17) is 4.74 Å². The molecule has 0 unspecified atom stereocenters. The summed E-state index contributed by atoms with van der Waals surface area (Å²) in [6, 6.07) is 9.64. The van der Waals surface area contributed by atoms with Gasteiger partial charge in [0.15, 0.2) is 11.9 Å². The highest BCUT2D eigenvalue weighted by atomic mass is 16.6. The van der Waals surface area contributed by atoms with Crippen LogP contribution < -0.4 is 0 Å². The van der Waals surface area contributed by atoms with Crippen molar-refractivity contribution in [2.24, 2.45) is 0 Å². The van der Waals surface area contributed by atoms with Gasteiger partial charge in [0, 0.05) is 13.5 Å². The lowest BCUT2D eigenvalue weighted by atomic mass is 10.1. The fourth-order valence-electron chi connectivity index (χ4n) is 3.58. The fraction of sp³-hybridized carbons (Fsp3) is 0.400. The van der Waals surface area contributed by atoms with Gasteiger partial charge in [0.2, 0.25) is 5.91 Å². The minimum atomic E-state index is -1.25. The van der Waals surface area contributed by atoms with Crippen LogP contribution in [0.15, 0.2) is 43.0 Å². The number of amides is 1. The Balaban J connectivity index is 1.62. The summed E-state index contributed by atoms with van der Waals surface area (Å²) in [5, 5.41) is 29.7. The number of benzene rings is 1. The zero-order valence-electron chi connectivity index (χ0n) is 16.4. The van der Waals surface area contributed by atoms with E-state index in [9.17, 15) is 20.1 Å². The number of hydrogen-bond donors (Lipinski definition) is 3. The maximum absolute atomic E-state index is 12.2. The third kappa shape index (κ3) is 3.77. The Morgan fingerprint density at radius 2 is 1.90 bits per heavy atom. The lowest BCUT2D eigenvalue weighted by Gasteiger charge is -2.21. The number of imidazole rings is 1. The number of rotatable bonds is 6. The standard InChI is InChI=1S/C20H23N5O5/c1-12(27)24(7-13-5-3-2-4-6-13)8-14-16-19(22-10-21-14)25(11-23-16)20-18(29)17(28)15(9-26)30-20/h2-6,10-11,15,17-18,20,26,28-29H,7-9H2,1H3/t15-,17-,18-,20-/m1/s1. The lowest BCUT2D eigenvalue weighted by molar-refractivity contribution is -0.130. The van der Waals surface area contributed by atoms with E-state index in [2.05, 4.69) is 15.0 Å². The van der Waals surface area contributed by atoms with Crippen molar-refractivity contribution in [2.45, 2.75) is 44.6 Å². The van der Waals surface area contributed by atoms with E-state index >= 15 is 0 Å². The zero-order valence-corrected chi connectivity index (χ0v) is 16.4. The quantitative estimate of drug-likeness (QED) is 0.514. The average molecular weight is 413 g/mol. The predicted octanol–water partition coefficient (Wildman–Crippen LogP) is -0.0135. The number of hydrogen-bond acceptors (Lipinski definition) is 8. The molecule has 1 fully saturated rings. The van der Waals surface area contributed by atoms with E-state index in [1.165, 1.54) is 24.1 Å². The van der Waals surface area contributed by atoms with Crippen molar-refractivity contribution in [3.05, 3.63) is 54.2 Å². The molecule has 10 heteroatoms. The van der Waals surface area contributed by atoms with E-state index in [0.29, 0.717) is 23.4 Å². The number of carbonyl (C=O) groups is 1. The van der Waals surface area contributed by atoms with E-state index in [1.807, 2.05) is 30.3 Å². The second-order valence-electron chi connectivity index (χ2n) is 7.23. The average Bonchev–Trinajstić information content (AvgIpc) is 3.30. The Morgan fingerprint density at radius 3 is 2.57 bits per heavy atom. The molecule has 0 spiro atoms. The molecule has 3 heterocycles. The van der Waals surface area contributed by atoms with Crippen LogP contribution in [0.5, 0.6) is 0 Å². The van der Waals surface area contributed by atoms with Crippen molar-refractivity contribution >= 4 is 17.1 Å². The Hall–Kier alpha value is -2.92. The molecule has 3 aromatic rings. The Kier molecular flexibility index (Phi) is 5.73. The van der Waals surface area contributed by atoms with Crippen LogP contribution in [0.1, 0.15) is 24.4 Å². The normalized spacial score (nSPS) is 23.7. The van der Waals surface area contributed by atoms with E-state index in [0.717, 1.165) is 5.56 Å². The van der Waals surface area contributed by atoms with Crippen LogP contribution in [0.25, 0.3) is 11.2 Å². The van der Waals surface area contributed by atoms with Crippen LogP contribution in [-0.4, -0.2) is 70.6 Å². The maximum atomic E-state index is 12.2. The molecule has 0 radical (unpaired) electrons. The first kappa shape index (κ1) is 20.4. The van der Waals surface area contributed by atoms with Gasteiger partial charge in [-0.25, -0.2) is 15.0 Å². The van der Waals surface area contributed by atoms with Crippen molar-refractivity contribution in [2.75, 3.05) is 6.61 Å². The monoisotopic (exact) mass is 413 g/mol. The summed E-state index contributed by atoms with van der Waals surface area (Å²) in [5.74, 6) is -0.103. The van der Waals surface area contributed by atoms with Gasteiger partial charge >= 0.3 is 0 Å². The van der Waals surface area contributed by atoms with Crippen LogP contribution in [0.2, 0.25) is 0 Å². The Labute approximate surface area is 172 Å². The Morgan fingerprint density at radius 1 is 1.13 bits per heavy atom. The van der Waals surface area contributed by atoms with Gasteiger partial charge in [-0.1, -0.05) is 30.3 Å². The fourth-order valence-corrected chi connectivity index (χ4v) is 3.58. The number of ether oxygens (including phenoxy) is 1. The van der Waals surface area contributed by atoms with Gasteiger partial charge in [0.1, 0.15) is 30.2 Å². The molecule has 2 aromatic heterocycles. The third-order valence-corrected chi connectivity index (χ3v) is 5.23. The second kappa shape index (κ2) is 8.44. The van der Waals surface area contributed by atoms with E-state index in [1.54, 1.807) is 4.90 Å².